The fraction of sp³-hybridized carbons (Fsp3) is 0.250. The minimum Gasteiger partial charge on any atom is -0.464 e. The molecular formula is C12H12N2O5. The van der Waals surface area contributed by atoms with E-state index in [1.807, 2.05) is 0 Å². The van der Waals surface area contributed by atoms with Gasteiger partial charge in [-0.05, 0) is 12.5 Å². The maximum Gasteiger partial charge on any atom is 0.422 e. The lowest BCUT2D eigenvalue weighted by atomic mass is 10.2. The number of oxazole rings is 1. The fourth-order valence-corrected chi connectivity index (χ4v) is 1.59. The van der Waals surface area contributed by atoms with Gasteiger partial charge in [0.15, 0.2) is 0 Å². The number of nitrogens with zero attached hydrogens (tertiary/aromatic N) is 2. The standard InChI is InChI=1S/C12H12N2O5/c1-2-18-11-8-13(12(15)19-11)7-9-3-5-10(6-4-9)14(16)17/h3-6,8H,2,7H2,1H3. The molecule has 0 amide bonds. The third-order valence-electron chi connectivity index (χ3n) is 2.47. The number of ether oxygens (including phenoxy) is 1. The Hall–Kier alpha value is -2.57. The van der Waals surface area contributed by atoms with E-state index in [1.165, 1.54) is 22.9 Å². The van der Waals surface area contributed by atoms with Gasteiger partial charge in [0.25, 0.3) is 5.69 Å². The first-order valence-electron chi connectivity index (χ1n) is 5.66. The molecule has 0 fully saturated rings. The Labute approximate surface area is 108 Å². The van der Waals surface area contributed by atoms with Gasteiger partial charge >= 0.3 is 11.7 Å². The number of nitro groups is 1. The SMILES string of the molecule is CCOc1cn(Cc2ccc([N+](=O)[O-])cc2)c(=O)o1. The van der Waals surface area contributed by atoms with Crippen LogP contribution >= 0.6 is 0 Å². The highest BCUT2D eigenvalue weighted by atomic mass is 16.6. The highest BCUT2D eigenvalue weighted by molar-refractivity contribution is 5.32. The molecule has 7 nitrogen and oxygen atoms in total. The third-order valence-corrected chi connectivity index (χ3v) is 2.47. The van der Waals surface area contributed by atoms with Crippen molar-refractivity contribution in [1.29, 1.82) is 0 Å². The van der Waals surface area contributed by atoms with Crippen molar-refractivity contribution in [2.45, 2.75) is 13.5 Å². The van der Waals surface area contributed by atoms with Crippen molar-refractivity contribution in [2.24, 2.45) is 0 Å². The Morgan fingerprint density at radius 2 is 2.05 bits per heavy atom. The fourth-order valence-electron chi connectivity index (χ4n) is 1.59. The van der Waals surface area contributed by atoms with Gasteiger partial charge in [-0.3, -0.25) is 14.7 Å². The molecule has 0 bridgehead atoms. The number of benzene rings is 1. The first-order valence-corrected chi connectivity index (χ1v) is 5.66. The van der Waals surface area contributed by atoms with E-state index in [2.05, 4.69) is 0 Å². The van der Waals surface area contributed by atoms with Crippen molar-refractivity contribution < 1.29 is 14.1 Å². The second-order valence-electron chi connectivity index (χ2n) is 3.80. The van der Waals surface area contributed by atoms with Crippen LogP contribution in [0.2, 0.25) is 0 Å². The van der Waals surface area contributed by atoms with Crippen LogP contribution in [0.1, 0.15) is 12.5 Å². The zero-order valence-corrected chi connectivity index (χ0v) is 10.2. The van der Waals surface area contributed by atoms with E-state index in [-0.39, 0.29) is 18.2 Å². The van der Waals surface area contributed by atoms with Gasteiger partial charge in [-0.15, -0.1) is 0 Å². The summed E-state index contributed by atoms with van der Waals surface area (Å²) in [6, 6.07) is 5.98. The molecule has 0 unspecified atom stereocenters. The van der Waals surface area contributed by atoms with Crippen molar-refractivity contribution in [3.05, 3.63) is 56.7 Å². The Morgan fingerprint density at radius 3 is 2.63 bits per heavy atom. The van der Waals surface area contributed by atoms with Crippen LogP contribution in [0, 0.1) is 10.1 Å². The molecule has 0 saturated carbocycles. The number of non-ortho nitro benzene ring substituents is 1. The second-order valence-corrected chi connectivity index (χ2v) is 3.80. The summed E-state index contributed by atoms with van der Waals surface area (Å²) in [7, 11) is 0. The van der Waals surface area contributed by atoms with Gasteiger partial charge < -0.3 is 9.15 Å². The molecule has 100 valence electrons. The van der Waals surface area contributed by atoms with Crippen LogP contribution in [-0.2, 0) is 6.54 Å². The van der Waals surface area contributed by atoms with Crippen molar-refractivity contribution in [1.82, 2.24) is 4.57 Å². The van der Waals surface area contributed by atoms with Gasteiger partial charge in [0.05, 0.1) is 24.3 Å². The van der Waals surface area contributed by atoms with Crippen LogP contribution in [0.15, 0.2) is 39.7 Å². The maximum absolute atomic E-state index is 11.5. The molecular weight excluding hydrogens is 252 g/mol. The minimum atomic E-state index is -0.526. The summed E-state index contributed by atoms with van der Waals surface area (Å²) in [4.78, 5) is 21.5. The molecule has 2 rings (SSSR count). The topological polar surface area (TPSA) is 87.5 Å². The third kappa shape index (κ3) is 3.01. The average molecular weight is 264 g/mol. The Balaban J connectivity index is 2.16. The van der Waals surface area contributed by atoms with Crippen LogP contribution in [0.5, 0.6) is 5.95 Å². The van der Waals surface area contributed by atoms with E-state index in [0.29, 0.717) is 6.61 Å². The highest BCUT2D eigenvalue weighted by Crippen LogP contribution is 2.14. The molecule has 1 aromatic carbocycles. The summed E-state index contributed by atoms with van der Waals surface area (Å²) < 4.78 is 11.3. The zero-order valence-electron chi connectivity index (χ0n) is 10.2. The molecule has 0 radical (unpaired) electrons. The number of hydrogen-bond acceptors (Lipinski definition) is 5. The van der Waals surface area contributed by atoms with Crippen molar-refractivity contribution in [3.63, 3.8) is 0 Å². The van der Waals surface area contributed by atoms with Crippen LogP contribution in [0.3, 0.4) is 0 Å². The van der Waals surface area contributed by atoms with E-state index in [1.54, 1.807) is 19.1 Å². The molecule has 0 N–H and O–H groups in total. The molecule has 0 saturated heterocycles. The average Bonchev–Trinajstić information content (AvgIpc) is 2.71. The smallest absolute Gasteiger partial charge is 0.422 e. The molecule has 2 aromatic rings. The summed E-state index contributed by atoms with van der Waals surface area (Å²) in [5.41, 5.74) is 0.773. The molecule has 19 heavy (non-hydrogen) atoms. The van der Waals surface area contributed by atoms with E-state index in [9.17, 15) is 14.9 Å². The van der Waals surface area contributed by atoms with Crippen molar-refractivity contribution in [2.75, 3.05) is 6.61 Å². The van der Waals surface area contributed by atoms with Gasteiger partial charge in [0.1, 0.15) is 0 Å². The van der Waals surface area contributed by atoms with Gasteiger partial charge in [0.2, 0.25) is 0 Å². The van der Waals surface area contributed by atoms with Gasteiger partial charge in [-0.1, -0.05) is 12.1 Å². The number of hydrogen-bond donors (Lipinski definition) is 0. The molecule has 7 heteroatoms. The molecule has 0 aliphatic heterocycles. The Kier molecular flexibility index (Phi) is 3.65. The quantitative estimate of drug-likeness (QED) is 0.607. The van der Waals surface area contributed by atoms with E-state index >= 15 is 0 Å². The lowest BCUT2D eigenvalue weighted by Crippen LogP contribution is -2.13. The largest absolute Gasteiger partial charge is 0.464 e. The number of nitro benzene ring substituents is 1. The first kappa shape index (κ1) is 12.9. The monoisotopic (exact) mass is 264 g/mol. The maximum atomic E-state index is 11.5. The van der Waals surface area contributed by atoms with Gasteiger partial charge in [-0.25, -0.2) is 4.79 Å². The number of aromatic nitrogens is 1. The predicted octanol–water partition coefficient (Wildman–Crippen LogP) is 1.80. The van der Waals surface area contributed by atoms with E-state index in [4.69, 9.17) is 9.15 Å². The summed E-state index contributed by atoms with van der Waals surface area (Å²) in [5.74, 6) is -0.365. The summed E-state index contributed by atoms with van der Waals surface area (Å²) in [5, 5.41) is 10.5. The lowest BCUT2D eigenvalue weighted by molar-refractivity contribution is -0.384. The van der Waals surface area contributed by atoms with Crippen LogP contribution in [0.4, 0.5) is 5.69 Å². The molecule has 0 aliphatic rings. The predicted molar refractivity (Wildman–Crippen MR) is 66.3 cm³/mol. The number of rotatable bonds is 5. The Bertz CT molecular complexity index is 626. The summed E-state index contributed by atoms with van der Waals surface area (Å²) in [6.07, 6.45) is 1.47. The second kappa shape index (κ2) is 5.38. The summed E-state index contributed by atoms with van der Waals surface area (Å²) in [6.45, 7) is 2.46. The zero-order chi connectivity index (χ0) is 13.8. The van der Waals surface area contributed by atoms with Crippen LogP contribution in [0.25, 0.3) is 0 Å². The lowest BCUT2D eigenvalue weighted by Gasteiger charge is -2.00. The summed E-state index contributed by atoms with van der Waals surface area (Å²) >= 11 is 0. The molecule has 1 heterocycles. The Morgan fingerprint density at radius 1 is 1.37 bits per heavy atom. The van der Waals surface area contributed by atoms with Gasteiger partial charge in [-0.2, -0.15) is 0 Å². The van der Waals surface area contributed by atoms with E-state index in [0.717, 1.165) is 5.56 Å². The first-order chi connectivity index (χ1) is 9.10. The minimum absolute atomic E-state index is 0.0123. The molecule has 0 atom stereocenters. The molecule has 0 spiro atoms. The normalized spacial score (nSPS) is 10.4. The van der Waals surface area contributed by atoms with Gasteiger partial charge in [0, 0.05) is 12.1 Å². The van der Waals surface area contributed by atoms with Crippen molar-refractivity contribution >= 4 is 5.69 Å². The highest BCUT2D eigenvalue weighted by Gasteiger charge is 2.08. The van der Waals surface area contributed by atoms with Crippen LogP contribution in [-0.4, -0.2) is 16.1 Å². The molecule has 0 aliphatic carbocycles. The molecule has 1 aromatic heterocycles. The van der Waals surface area contributed by atoms with E-state index < -0.39 is 10.7 Å². The van der Waals surface area contributed by atoms with Crippen LogP contribution < -0.4 is 10.5 Å². The van der Waals surface area contributed by atoms with Crippen molar-refractivity contribution in [3.8, 4) is 5.95 Å².